The van der Waals surface area contributed by atoms with E-state index in [1.807, 2.05) is 0 Å². The molecule has 1 N–H and O–H groups in total. The normalized spacial score (nSPS) is 16.9. The molecule has 86 valence electrons. The molecule has 1 aromatic rings. The van der Waals surface area contributed by atoms with Crippen molar-refractivity contribution in [3.63, 3.8) is 0 Å². The highest BCUT2D eigenvalue weighted by atomic mass is 16.6. The Balaban J connectivity index is 2.39. The first-order valence-corrected chi connectivity index (χ1v) is 5.08. The third-order valence-electron chi connectivity index (χ3n) is 2.83. The fourth-order valence-electron chi connectivity index (χ4n) is 1.76. The van der Waals surface area contributed by atoms with Gasteiger partial charge in [-0.15, -0.1) is 0 Å². The van der Waals surface area contributed by atoms with Gasteiger partial charge in [0.15, 0.2) is 5.75 Å². The summed E-state index contributed by atoms with van der Waals surface area (Å²) in [5.74, 6) is 0.242. The Morgan fingerprint density at radius 3 is 2.75 bits per heavy atom. The van der Waals surface area contributed by atoms with Crippen molar-refractivity contribution < 1.29 is 14.8 Å². The van der Waals surface area contributed by atoms with Crippen molar-refractivity contribution in [3.05, 3.63) is 33.9 Å². The van der Waals surface area contributed by atoms with Crippen LogP contribution in [0.3, 0.4) is 0 Å². The van der Waals surface area contributed by atoms with Gasteiger partial charge in [0.25, 0.3) is 0 Å². The number of hydrogen-bond donors (Lipinski definition) is 1. The van der Waals surface area contributed by atoms with Gasteiger partial charge in [-0.2, -0.15) is 0 Å². The minimum atomic E-state index is -0.739. The molecular weight excluding hydrogens is 210 g/mol. The van der Waals surface area contributed by atoms with E-state index in [4.69, 9.17) is 4.74 Å². The van der Waals surface area contributed by atoms with Crippen LogP contribution in [0.5, 0.6) is 5.75 Å². The minimum absolute atomic E-state index is 0.0367. The lowest BCUT2D eigenvalue weighted by molar-refractivity contribution is -0.386. The summed E-state index contributed by atoms with van der Waals surface area (Å²) in [5, 5.41) is 20.7. The molecule has 0 amide bonds. The van der Waals surface area contributed by atoms with E-state index >= 15 is 0 Å². The molecule has 2 rings (SSSR count). The van der Waals surface area contributed by atoms with E-state index in [0.717, 1.165) is 0 Å². The first-order chi connectivity index (χ1) is 7.56. The molecule has 1 saturated carbocycles. The van der Waals surface area contributed by atoms with Crippen molar-refractivity contribution >= 4 is 5.69 Å². The maximum absolute atomic E-state index is 11.0. The molecule has 0 bridgehead atoms. The molecule has 0 spiro atoms. The first-order valence-electron chi connectivity index (χ1n) is 5.08. The molecule has 0 aromatic heterocycles. The Labute approximate surface area is 92.8 Å². The van der Waals surface area contributed by atoms with Gasteiger partial charge in [0.05, 0.1) is 17.6 Å². The van der Waals surface area contributed by atoms with Gasteiger partial charge in [0.1, 0.15) is 0 Å². The molecule has 0 radical (unpaired) electrons. The predicted octanol–water partition coefficient (Wildman–Crippen LogP) is 1.67. The molecule has 0 atom stereocenters. The summed E-state index contributed by atoms with van der Waals surface area (Å²) in [6, 6.07) is 4.92. The average molecular weight is 223 g/mol. The number of methoxy groups -OCH3 is 1. The van der Waals surface area contributed by atoms with Crippen molar-refractivity contribution in [2.24, 2.45) is 0 Å². The van der Waals surface area contributed by atoms with E-state index in [-0.39, 0.29) is 11.4 Å². The molecule has 1 aliphatic rings. The molecule has 1 aromatic carbocycles. The highest BCUT2D eigenvalue weighted by Crippen LogP contribution is 2.41. The van der Waals surface area contributed by atoms with E-state index in [0.29, 0.717) is 24.8 Å². The number of benzene rings is 1. The third kappa shape index (κ3) is 1.99. The van der Waals surface area contributed by atoms with Crippen LogP contribution in [-0.2, 0) is 6.42 Å². The SMILES string of the molecule is COc1cccc(CC2(O)CC2)c1[N+](=O)[O-]. The predicted molar refractivity (Wildman–Crippen MR) is 57.5 cm³/mol. The van der Waals surface area contributed by atoms with Crippen LogP contribution in [0.1, 0.15) is 18.4 Å². The largest absolute Gasteiger partial charge is 0.490 e. The van der Waals surface area contributed by atoms with Crippen LogP contribution in [0.2, 0.25) is 0 Å². The van der Waals surface area contributed by atoms with Gasteiger partial charge in [0, 0.05) is 12.0 Å². The molecule has 0 saturated heterocycles. The lowest BCUT2D eigenvalue weighted by atomic mass is 10.0. The molecule has 5 nitrogen and oxygen atoms in total. The zero-order valence-electron chi connectivity index (χ0n) is 8.97. The van der Waals surface area contributed by atoms with Crippen molar-refractivity contribution in [3.8, 4) is 5.75 Å². The number of nitro groups is 1. The van der Waals surface area contributed by atoms with Crippen LogP contribution in [0, 0.1) is 10.1 Å². The third-order valence-corrected chi connectivity index (χ3v) is 2.83. The van der Waals surface area contributed by atoms with Gasteiger partial charge in [0.2, 0.25) is 0 Å². The first kappa shape index (κ1) is 10.9. The van der Waals surface area contributed by atoms with Crippen LogP contribution in [0.15, 0.2) is 18.2 Å². The molecule has 0 heterocycles. The number of aliphatic hydroxyl groups is 1. The summed E-state index contributed by atoms with van der Waals surface area (Å²) in [5.41, 5.74) is -0.244. The van der Waals surface area contributed by atoms with Gasteiger partial charge in [-0.25, -0.2) is 0 Å². The molecule has 5 heteroatoms. The van der Waals surface area contributed by atoms with Gasteiger partial charge in [-0.05, 0) is 18.9 Å². The second kappa shape index (κ2) is 3.75. The van der Waals surface area contributed by atoms with Crippen LogP contribution in [0.25, 0.3) is 0 Å². The summed E-state index contributed by atoms with van der Waals surface area (Å²) in [4.78, 5) is 10.5. The zero-order valence-corrected chi connectivity index (χ0v) is 8.97. The number of nitrogens with zero attached hydrogens (tertiary/aromatic N) is 1. The number of rotatable bonds is 4. The minimum Gasteiger partial charge on any atom is -0.490 e. The Kier molecular flexibility index (Phi) is 2.55. The second-order valence-corrected chi connectivity index (χ2v) is 4.13. The van der Waals surface area contributed by atoms with E-state index in [1.165, 1.54) is 7.11 Å². The smallest absolute Gasteiger partial charge is 0.314 e. The topological polar surface area (TPSA) is 72.6 Å². The lowest BCUT2D eigenvalue weighted by Gasteiger charge is -2.09. The van der Waals surface area contributed by atoms with Gasteiger partial charge >= 0.3 is 5.69 Å². The highest BCUT2D eigenvalue weighted by Gasteiger charge is 2.42. The maximum Gasteiger partial charge on any atom is 0.314 e. The quantitative estimate of drug-likeness (QED) is 0.622. The van der Waals surface area contributed by atoms with Gasteiger partial charge in [-0.1, -0.05) is 12.1 Å². The average Bonchev–Trinajstić information content (AvgIpc) is 2.95. The molecule has 1 fully saturated rings. The number of nitro benzene ring substituents is 1. The van der Waals surface area contributed by atoms with Crippen LogP contribution < -0.4 is 4.74 Å². The van der Waals surface area contributed by atoms with Gasteiger partial charge in [-0.3, -0.25) is 10.1 Å². The van der Waals surface area contributed by atoms with Crippen molar-refractivity contribution in [2.75, 3.05) is 7.11 Å². The van der Waals surface area contributed by atoms with E-state index in [2.05, 4.69) is 0 Å². The highest BCUT2D eigenvalue weighted by molar-refractivity contribution is 5.53. The van der Waals surface area contributed by atoms with E-state index in [9.17, 15) is 15.2 Å². The van der Waals surface area contributed by atoms with Crippen molar-refractivity contribution in [1.82, 2.24) is 0 Å². The summed E-state index contributed by atoms with van der Waals surface area (Å²) < 4.78 is 4.96. The fraction of sp³-hybridized carbons (Fsp3) is 0.455. The summed E-state index contributed by atoms with van der Waals surface area (Å²) in [7, 11) is 1.40. The molecule has 0 unspecified atom stereocenters. The lowest BCUT2D eigenvalue weighted by Crippen LogP contribution is -2.12. The van der Waals surface area contributed by atoms with Crippen LogP contribution in [-0.4, -0.2) is 22.7 Å². The van der Waals surface area contributed by atoms with Crippen molar-refractivity contribution in [2.45, 2.75) is 24.9 Å². The molecule has 1 aliphatic carbocycles. The van der Waals surface area contributed by atoms with Crippen LogP contribution in [0.4, 0.5) is 5.69 Å². The Bertz CT molecular complexity index is 426. The molecule has 16 heavy (non-hydrogen) atoms. The Morgan fingerprint density at radius 2 is 2.25 bits per heavy atom. The van der Waals surface area contributed by atoms with E-state index in [1.54, 1.807) is 18.2 Å². The summed E-state index contributed by atoms with van der Waals surface area (Å²) >= 11 is 0. The van der Waals surface area contributed by atoms with Crippen molar-refractivity contribution in [1.29, 1.82) is 0 Å². The van der Waals surface area contributed by atoms with Crippen LogP contribution >= 0.6 is 0 Å². The second-order valence-electron chi connectivity index (χ2n) is 4.13. The summed E-state index contributed by atoms with van der Waals surface area (Å²) in [6.07, 6.45) is 1.74. The maximum atomic E-state index is 11.0. The number of hydrogen-bond acceptors (Lipinski definition) is 4. The molecule has 0 aliphatic heterocycles. The number of ether oxygens (including phenoxy) is 1. The summed E-state index contributed by atoms with van der Waals surface area (Å²) in [6.45, 7) is 0. The van der Waals surface area contributed by atoms with E-state index < -0.39 is 10.5 Å². The standard InChI is InChI=1S/C11H13NO4/c1-16-9-4-2-3-8(10(9)12(14)15)7-11(13)5-6-11/h2-4,13H,5-7H2,1H3. The Hall–Kier alpha value is -1.62. The monoisotopic (exact) mass is 223 g/mol. The van der Waals surface area contributed by atoms with Gasteiger partial charge < -0.3 is 9.84 Å². The number of para-hydroxylation sites is 1. The Morgan fingerprint density at radius 1 is 1.56 bits per heavy atom. The fourth-order valence-corrected chi connectivity index (χ4v) is 1.76. The zero-order chi connectivity index (χ0) is 11.8. The molecular formula is C11H13NO4.